The number of hydrogen-bond donors (Lipinski definition) is 0. The second kappa shape index (κ2) is 6.05. The van der Waals surface area contributed by atoms with E-state index in [1.807, 2.05) is 22.3 Å². The van der Waals surface area contributed by atoms with E-state index < -0.39 is 0 Å². The van der Waals surface area contributed by atoms with Crippen LogP contribution in [-0.4, -0.2) is 45.6 Å². The predicted molar refractivity (Wildman–Crippen MR) is 91.1 cm³/mol. The highest BCUT2D eigenvalue weighted by Gasteiger charge is 2.28. The van der Waals surface area contributed by atoms with Gasteiger partial charge in [-0.1, -0.05) is 0 Å². The molecule has 1 saturated heterocycles. The van der Waals surface area contributed by atoms with Crippen molar-refractivity contribution in [1.29, 1.82) is 0 Å². The van der Waals surface area contributed by atoms with Gasteiger partial charge >= 0.3 is 0 Å². The van der Waals surface area contributed by atoms with Gasteiger partial charge < -0.3 is 9.47 Å². The topological polar surface area (TPSA) is 54.3 Å². The van der Waals surface area contributed by atoms with Crippen LogP contribution in [0, 0.1) is 0 Å². The summed E-state index contributed by atoms with van der Waals surface area (Å²) in [5.74, 6) is 0.612. The van der Waals surface area contributed by atoms with Gasteiger partial charge in [-0.15, -0.1) is 11.3 Å². The van der Waals surface area contributed by atoms with E-state index in [2.05, 4.69) is 26.7 Å². The van der Waals surface area contributed by atoms with Crippen molar-refractivity contribution in [3.8, 4) is 0 Å². The van der Waals surface area contributed by atoms with Crippen LogP contribution >= 0.6 is 11.3 Å². The van der Waals surface area contributed by atoms with E-state index in [1.165, 1.54) is 0 Å². The Morgan fingerprint density at radius 3 is 2.61 bits per heavy atom. The molecule has 0 spiro atoms. The monoisotopic (exact) mass is 331 g/mol. The summed E-state index contributed by atoms with van der Waals surface area (Å²) in [6, 6.07) is 0.736. The SMILES string of the molecule is CC(c1nccs1)N1CCN(c2nccn(C3CC3)c2=O)CC1. The first-order chi connectivity index (χ1) is 11.2. The van der Waals surface area contributed by atoms with E-state index in [1.54, 1.807) is 17.5 Å². The Labute approximate surface area is 139 Å². The molecule has 2 aromatic rings. The molecule has 1 aliphatic carbocycles. The molecule has 1 saturated carbocycles. The lowest BCUT2D eigenvalue weighted by atomic mass is 10.2. The Morgan fingerprint density at radius 1 is 1.17 bits per heavy atom. The van der Waals surface area contributed by atoms with Crippen LogP contribution < -0.4 is 10.5 Å². The molecule has 0 radical (unpaired) electrons. The van der Waals surface area contributed by atoms with Gasteiger partial charge in [-0.3, -0.25) is 9.69 Å². The van der Waals surface area contributed by atoms with Gasteiger partial charge in [0.1, 0.15) is 5.01 Å². The summed E-state index contributed by atoms with van der Waals surface area (Å²) in [4.78, 5) is 25.9. The zero-order valence-corrected chi connectivity index (χ0v) is 14.1. The van der Waals surface area contributed by atoms with Gasteiger partial charge in [-0.2, -0.15) is 0 Å². The van der Waals surface area contributed by atoms with Gasteiger partial charge in [-0.25, -0.2) is 9.97 Å². The molecule has 0 aromatic carbocycles. The number of nitrogens with zero attached hydrogens (tertiary/aromatic N) is 5. The van der Waals surface area contributed by atoms with Crippen LogP contribution in [0.4, 0.5) is 5.82 Å². The third-order valence-electron chi connectivity index (χ3n) is 4.76. The minimum absolute atomic E-state index is 0.0661. The molecule has 23 heavy (non-hydrogen) atoms. The highest BCUT2D eigenvalue weighted by Crippen LogP contribution is 2.33. The first-order valence-electron chi connectivity index (χ1n) is 8.19. The summed E-state index contributed by atoms with van der Waals surface area (Å²) in [6.45, 7) is 5.75. The van der Waals surface area contributed by atoms with Crippen molar-refractivity contribution in [2.24, 2.45) is 0 Å². The number of piperazine rings is 1. The van der Waals surface area contributed by atoms with Gasteiger partial charge in [0.25, 0.3) is 5.56 Å². The lowest BCUT2D eigenvalue weighted by Gasteiger charge is -2.37. The standard InChI is InChI=1S/C16H21N5OS/c1-12(15-18-5-11-23-15)19-7-9-20(10-8-19)14-16(22)21(6-4-17-14)13-2-3-13/h4-6,11-13H,2-3,7-10H2,1H3. The van der Waals surface area contributed by atoms with E-state index in [-0.39, 0.29) is 5.56 Å². The Morgan fingerprint density at radius 2 is 1.96 bits per heavy atom. The predicted octanol–water partition coefficient (Wildman–Crippen LogP) is 1.92. The van der Waals surface area contributed by atoms with Crippen LogP contribution in [0.3, 0.4) is 0 Å². The van der Waals surface area contributed by atoms with Gasteiger partial charge in [0, 0.05) is 56.2 Å². The number of rotatable bonds is 4. The van der Waals surface area contributed by atoms with Crippen molar-refractivity contribution in [3.63, 3.8) is 0 Å². The lowest BCUT2D eigenvalue weighted by molar-refractivity contribution is 0.197. The second-order valence-electron chi connectivity index (χ2n) is 6.26. The van der Waals surface area contributed by atoms with Crippen LogP contribution in [0.1, 0.15) is 36.9 Å². The van der Waals surface area contributed by atoms with Crippen LogP contribution in [0.25, 0.3) is 0 Å². The number of aromatic nitrogens is 3. The molecular formula is C16H21N5OS. The number of anilines is 1. The molecule has 1 unspecified atom stereocenters. The number of hydrogen-bond acceptors (Lipinski definition) is 6. The fourth-order valence-corrected chi connectivity index (χ4v) is 3.92. The minimum Gasteiger partial charge on any atom is -0.349 e. The molecule has 7 heteroatoms. The third kappa shape index (κ3) is 2.90. The quantitative estimate of drug-likeness (QED) is 0.857. The van der Waals surface area contributed by atoms with E-state index >= 15 is 0 Å². The number of thiazole rings is 1. The van der Waals surface area contributed by atoms with E-state index in [0.717, 1.165) is 44.0 Å². The summed E-state index contributed by atoms with van der Waals surface area (Å²) >= 11 is 1.70. The third-order valence-corrected chi connectivity index (χ3v) is 5.71. The molecule has 4 rings (SSSR count). The largest absolute Gasteiger partial charge is 0.349 e. The summed E-state index contributed by atoms with van der Waals surface area (Å²) in [7, 11) is 0. The van der Waals surface area contributed by atoms with Crippen molar-refractivity contribution < 1.29 is 0 Å². The molecule has 0 N–H and O–H groups in total. The smallest absolute Gasteiger partial charge is 0.293 e. The second-order valence-corrected chi connectivity index (χ2v) is 7.19. The highest BCUT2D eigenvalue weighted by atomic mass is 32.1. The van der Waals surface area contributed by atoms with Gasteiger partial charge in [0.2, 0.25) is 0 Å². The molecule has 1 aliphatic heterocycles. The summed E-state index contributed by atoms with van der Waals surface area (Å²) in [5, 5.41) is 3.18. The summed E-state index contributed by atoms with van der Waals surface area (Å²) in [6.07, 6.45) is 7.68. The molecule has 0 amide bonds. The van der Waals surface area contributed by atoms with Crippen molar-refractivity contribution in [2.45, 2.75) is 31.8 Å². The van der Waals surface area contributed by atoms with E-state index in [9.17, 15) is 4.79 Å². The molecule has 0 bridgehead atoms. The average molecular weight is 331 g/mol. The maximum absolute atomic E-state index is 12.6. The average Bonchev–Trinajstić information content (AvgIpc) is 3.28. The van der Waals surface area contributed by atoms with Crippen molar-refractivity contribution in [3.05, 3.63) is 39.3 Å². The van der Waals surface area contributed by atoms with E-state index in [0.29, 0.717) is 17.9 Å². The summed E-state index contributed by atoms with van der Waals surface area (Å²) in [5.41, 5.74) is 0.0661. The van der Waals surface area contributed by atoms with Crippen LogP contribution in [0.15, 0.2) is 28.8 Å². The van der Waals surface area contributed by atoms with Crippen molar-refractivity contribution in [1.82, 2.24) is 19.4 Å². The van der Waals surface area contributed by atoms with E-state index in [4.69, 9.17) is 0 Å². The fraction of sp³-hybridized carbons (Fsp3) is 0.562. The zero-order valence-electron chi connectivity index (χ0n) is 13.3. The maximum Gasteiger partial charge on any atom is 0.293 e. The Bertz CT molecular complexity index is 716. The fourth-order valence-electron chi connectivity index (χ4n) is 3.19. The highest BCUT2D eigenvalue weighted by molar-refractivity contribution is 7.09. The normalized spacial score (nSPS) is 20.7. The molecule has 3 heterocycles. The van der Waals surface area contributed by atoms with Crippen LogP contribution in [-0.2, 0) is 0 Å². The van der Waals surface area contributed by atoms with Crippen molar-refractivity contribution in [2.75, 3.05) is 31.1 Å². The molecule has 2 fully saturated rings. The molecule has 2 aliphatic rings. The molecular weight excluding hydrogens is 310 g/mol. The minimum atomic E-state index is 0.0661. The van der Waals surface area contributed by atoms with Gasteiger partial charge in [0.05, 0.1) is 6.04 Å². The van der Waals surface area contributed by atoms with Crippen LogP contribution in [0.2, 0.25) is 0 Å². The van der Waals surface area contributed by atoms with Gasteiger partial charge in [-0.05, 0) is 19.8 Å². The van der Waals surface area contributed by atoms with Gasteiger partial charge in [0.15, 0.2) is 5.82 Å². The summed E-state index contributed by atoms with van der Waals surface area (Å²) < 4.78 is 1.85. The molecule has 1 atom stereocenters. The maximum atomic E-state index is 12.6. The van der Waals surface area contributed by atoms with Crippen LogP contribution in [0.5, 0.6) is 0 Å². The lowest BCUT2D eigenvalue weighted by Crippen LogP contribution is -2.49. The molecule has 2 aromatic heterocycles. The first-order valence-corrected chi connectivity index (χ1v) is 9.07. The zero-order chi connectivity index (χ0) is 15.8. The van der Waals surface area contributed by atoms with Crippen molar-refractivity contribution >= 4 is 17.2 Å². The first kappa shape index (κ1) is 14.8. The Balaban J connectivity index is 1.46. The Kier molecular flexibility index (Phi) is 3.90. The molecule has 6 nitrogen and oxygen atoms in total. The molecule has 122 valence electrons. The Hall–Kier alpha value is -1.73.